The maximum Gasteiger partial charge on any atom is 0.220 e. The second kappa shape index (κ2) is 5.43. The van der Waals surface area contributed by atoms with Crippen LogP contribution in [-0.4, -0.2) is 13.7 Å². The molecule has 1 nitrogen and oxygen atoms in total. The SMILES string of the molecule is CCB(CC)NB(C(C)(C)C)C(C)(C)C. The van der Waals surface area contributed by atoms with Crippen LogP contribution in [0.15, 0.2) is 0 Å². The van der Waals surface area contributed by atoms with E-state index in [1.54, 1.807) is 0 Å². The van der Waals surface area contributed by atoms with Gasteiger partial charge in [-0.05, 0) is 10.6 Å². The number of hydrogen-bond acceptors (Lipinski definition) is 1. The molecule has 0 saturated heterocycles. The van der Waals surface area contributed by atoms with Crippen molar-refractivity contribution >= 4 is 13.7 Å². The molecule has 0 bridgehead atoms. The highest BCUT2D eigenvalue weighted by atomic mass is 14.7. The van der Waals surface area contributed by atoms with Gasteiger partial charge in [0.2, 0.25) is 13.7 Å². The third-order valence-corrected chi connectivity index (χ3v) is 3.12. The fourth-order valence-corrected chi connectivity index (χ4v) is 2.56. The van der Waals surface area contributed by atoms with Crippen LogP contribution in [0.5, 0.6) is 0 Å². The van der Waals surface area contributed by atoms with Gasteiger partial charge in [0, 0.05) is 0 Å². The van der Waals surface area contributed by atoms with Crippen LogP contribution < -0.4 is 5.14 Å². The highest BCUT2D eigenvalue weighted by Gasteiger charge is 2.39. The van der Waals surface area contributed by atoms with Gasteiger partial charge >= 0.3 is 0 Å². The molecule has 0 aromatic carbocycles. The van der Waals surface area contributed by atoms with E-state index in [4.69, 9.17) is 0 Å². The summed E-state index contributed by atoms with van der Waals surface area (Å²) in [6, 6.07) is 0. The zero-order chi connectivity index (χ0) is 12.3. The summed E-state index contributed by atoms with van der Waals surface area (Å²) in [6.45, 7) is 19.8. The molecule has 0 saturated carbocycles. The van der Waals surface area contributed by atoms with Crippen molar-refractivity contribution in [2.45, 2.75) is 78.7 Å². The van der Waals surface area contributed by atoms with E-state index in [0.717, 1.165) is 0 Å². The van der Waals surface area contributed by atoms with E-state index in [1.165, 1.54) is 12.6 Å². The predicted molar refractivity (Wildman–Crippen MR) is 75.0 cm³/mol. The Kier molecular flexibility index (Phi) is 5.46. The Morgan fingerprint density at radius 3 is 1.33 bits per heavy atom. The molecule has 1 N–H and O–H groups in total. The molecule has 0 radical (unpaired) electrons. The maximum atomic E-state index is 3.83. The molecule has 0 heterocycles. The van der Waals surface area contributed by atoms with E-state index in [1.807, 2.05) is 0 Å². The summed E-state index contributed by atoms with van der Waals surface area (Å²) in [6.07, 6.45) is 2.44. The summed E-state index contributed by atoms with van der Waals surface area (Å²) in [5.74, 6) is 0. The summed E-state index contributed by atoms with van der Waals surface area (Å²) in [5, 5.41) is 4.47. The molecule has 15 heavy (non-hydrogen) atoms. The fourth-order valence-electron chi connectivity index (χ4n) is 2.56. The second-order valence-electron chi connectivity index (χ2n) is 6.85. The normalized spacial score (nSPS) is 12.8. The van der Waals surface area contributed by atoms with Gasteiger partial charge in [-0.3, -0.25) is 0 Å². The Bertz CT molecular complexity index is 161. The minimum absolute atomic E-state index is 0.320. The van der Waals surface area contributed by atoms with Crippen LogP contribution in [0, 0.1) is 0 Å². The monoisotopic (exact) mass is 209 g/mol. The third-order valence-electron chi connectivity index (χ3n) is 3.12. The third kappa shape index (κ3) is 5.10. The van der Waals surface area contributed by atoms with E-state index in [9.17, 15) is 0 Å². The van der Waals surface area contributed by atoms with Crippen molar-refractivity contribution in [2.24, 2.45) is 0 Å². The van der Waals surface area contributed by atoms with E-state index >= 15 is 0 Å². The lowest BCUT2D eigenvalue weighted by Gasteiger charge is -2.39. The Morgan fingerprint density at radius 1 is 0.800 bits per heavy atom. The minimum atomic E-state index is 0.320. The van der Waals surface area contributed by atoms with Crippen LogP contribution in [0.1, 0.15) is 55.4 Å². The lowest BCUT2D eigenvalue weighted by Crippen LogP contribution is -2.54. The Hall–Kier alpha value is 0.0899. The minimum Gasteiger partial charge on any atom is -0.397 e. The molecule has 88 valence electrons. The van der Waals surface area contributed by atoms with E-state index in [0.29, 0.717) is 24.3 Å². The molecule has 0 aliphatic heterocycles. The molecule has 3 heteroatoms. The van der Waals surface area contributed by atoms with Gasteiger partial charge in [-0.15, -0.1) is 0 Å². The molecule has 0 unspecified atom stereocenters. The van der Waals surface area contributed by atoms with Gasteiger partial charge < -0.3 is 5.14 Å². The van der Waals surface area contributed by atoms with E-state index < -0.39 is 0 Å². The van der Waals surface area contributed by atoms with Crippen molar-refractivity contribution in [1.29, 1.82) is 0 Å². The first kappa shape index (κ1) is 15.1. The number of hydrogen-bond donors (Lipinski definition) is 1. The first-order valence-electron chi connectivity index (χ1n) is 6.39. The zero-order valence-electron chi connectivity index (χ0n) is 12.1. The van der Waals surface area contributed by atoms with Gasteiger partial charge in [0.25, 0.3) is 0 Å². The summed E-state index contributed by atoms with van der Waals surface area (Å²) >= 11 is 0. The van der Waals surface area contributed by atoms with Gasteiger partial charge in [0.15, 0.2) is 0 Å². The lowest BCUT2D eigenvalue weighted by atomic mass is 9.28. The maximum absolute atomic E-state index is 3.83. The van der Waals surface area contributed by atoms with Crippen LogP contribution in [0.25, 0.3) is 0 Å². The first-order chi connectivity index (χ1) is 6.62. The summed E-state index contributed by atoms with van der Waals surface area (Å²) in [7, 11) is 0. The van der Waals surface area contributed by atoms with Crippen LogP contribution in [0.4, 0.5) is 0 Å². The van der Waals surface area contributed by atoms with E-state index in [-0.39, 0.29) is 0 Å². The number of nitrogens with one attached hydrogen (secondary N) is 1. The standard InChI is InChI=1S/C12H29B2N/c1-9-13(10-2)15-14(11(3,4)5)12(6,7)8/h15H,9-10H2,1-8H3. The van der Waals surface area contributed by atoms with Crippen LogP contribution in [-0.2, 0) is 0 Å². The molecule has 0 aliphatic carbocycles. The topological polar surface area (TPSA) is 12.0 Å². The molecular weight excluding hydrogens is 180 g/mol. The Labute approximate surface area is 98.0 Å². The average molecular weight is 209 g/mol. The van der Waals surface area contributed by atoms with Gasteiger partial charge in [-0.25, -0.2) is 0 Å². The smallest absolute Gasteiger partial charge is 0.220 e. The lowest BCUT2D eigenvalue weighted by molar-refractivity contribution is 0.632. The summed E-state index contributed by atoms with van der Waals surface area (Å²) in [4.78, 5) is 0. The molecule has 0 atom stereocenters. The summed E-state index contributed by atoms with van der Waals surface area (Å²) in [5.41, 5.74) is 0. The molecular formula is C12H29B2N. The predicted octanol–water partition coefficient (Wildman–Crippen LogP) is 4.20. The second-order valence-corrected chi connectivity index (χ2v) is 6.85. The van der Waals surface area contributed by atoms with Gasteiger partial charge in [0.1, 0.15) is 0 Å². The van der Waals surface area contributed by atoms with Gasteiger partial charge in [0.05, 0.1) is 0 Å². The van der Waals surface area contributed by atoms with E-state index in [2.05, 4.69) is 60.5 Å². The van der Waals surface area contributed by atoms with Crippen LogP contribution in [0.2, 0.25) is 23.3 Å². The first-order valence-corrected chi connectivity index (χ1v) is 6.39. The highest BCUT2D eigenvalue weighted by Crippen LogP contribution is 2.40. The zero-order valence-corrected chi connectivity index (χ0v) is 12.1. The van der Waals surface area contributed by atoms with Crippen molar-refractivity contribution in [3.63, 3.8) is 0 Å². The molecule has 0 aromatic heterocycles. The van der Waals surface area contributed by atoms with Crippen molar-refractivity contribution in [3.8, 4) is 0 Å². The molecule has 0 spiro atoms. The average Bonchev–Trinajstić information content (AvgIpc) is 2.01. The van der Waals surface area contributed by atoms with Gasteiger partial charge in [-0.1, -0.05) is 68.0 Å². The van der Waals surface area contributed by atoms with Crippen molar-refractivity contribution in [2.75, 3.05) is 0 Å². The molecule has 0 fully saturated rings. The van der Waals surface area contributed by atoms with Crippen LogP contribution in [0.3, 0.4) is 0 Å². The van der Waals surface area contributed by atoms with Crippen LogP contribution >= 0.6 is 0 Å². The Balaban J connectivity index is 4.67. The number of rotatable bonds is 4. The summed E-state index contributed by atoms with van der Waals surface area (Å²) < 4.78 is 0. The Morgan fingerprint density at radius 2 is 1.13 bits per heavy atom. The van der Waals surface area contributed by atoms with Gasteiger partial charge in [-0.2, -0.15) is 0 Å². The molecule has 0 aromatic rings. The van der Waals surface area contributed by atoms with Crippen molar-refractivity contribution in [1.82, 2.24) is 5.14 Å². The molecule has 0 aliphatic rings. The largest absolute Gasteiger partial charge is 0.397 e. The molecule has 0 amide bonds. The quantitative estimate of drug-likeness (QED) is 0.684. The molecule has 0 rings (SSSR count). The van der Waals surface area contributed by atoms with Crippen molar-refractivity contribution in [3.05, 3.63) is 0 Å². The highest BCUT2D eigenvalue weighted by molar-refractivity contribution is 6.76. The fraction of sp³-hybridized carbons (Fsp3) is 1.00. The van der Waals surface area contributed by atoms with Crippen molar-refractivity contribution < 1.29 is 0 Å².